The maximum atomic E-state index is 11.6. The Morgan fingerprint density at radius 3 is 2.82 bits per heavy atom. The van der Waals surface area contributed by atoms with E-state index >= 15 is 0 Å². The van der Waals surface area contributed by atoms with Crippen LogP contribution >= 0.6 is 0 Å². The molecule has 7 nitrogen and oxygen atoms in total. The van der Waals surface area contributed by atoms with Crippen molar-refractivity contribution in [3.8, 4) is 0 Å². The molecule has 7 heteroatoms. The van der Waals surface area contributed by atoms with Crippen molar-refractivity contribution in [2.45, 2.75) is 32.8 Å². The summed E-state index contributed by atoms with van der Waals surface area (Å²) in [6, 6.07) is 0. The molecule has 0 unspecified atom stereocenters. The van der Waals surface area contributed by atoms with Gasteiger partial charge in [-0.15, -0.1) is 0 Å². The summed E-state index contributed by atoms with van der Waals surface area (Å²) in [4.78, 5) is 22.4. The lowest BCUT2D eigenvalue weighted by molar-refractivity contribution is -0.128. The molecule has 1 aromatic rings. The Morgan fingerprint density at radius 2 is 2.14 bits per heavy atom. The fraction of sp³-hybridized carbons (Fsp3) is 0.667. The van der Waals surface area contributed by atoms with Crippen LogP contribution in [0.1, 0.15) is 24.0 Å². The number of hydrogen-bond donors (Lipinski definition) is 2. The van der Waals surface area contributed by atoms with Crippen molar-refractivity contribution < 1.29 is 14.6 Å². The van der Waals surface area contributed by atoms with E-state index in [-0.39, 0.29) is 12.5 Å². The summed E-state index contributed by atoms with van der Waals surface area (Å²) in [5.74, 6) is 1.53. The van der Waals surface area contributed by atoms with Gasteiger partial charge in [0, 0.05) is 45.7 Å². The van der Waals surface area contributed by atoms with Crippen molar-refractivity contribution in [1.82, 2.24) is 14.9 Å². The number of carbonyl (C=O) groups is 1. The molecule has 0 spiro atoms. The van der Waals surface area contributed by atoms with E-state index in [2.05, 4.69) is 15.3 Å². The number of aliphatic hydroxyl groups is 1. The Labute approximate surface area is 130 Å². The molecule has 1 amide bonds. The summed E-state index contributed by atoms with van der Waals surface area (Å²) in [6.07, 6.45) is 0.862. The summed E-state index contributed by atoms with van der Waals surface area (Å²) in [6.45, 7) is 5.44. The van der Waals surface area contributed by atoms with Crippen LogP contribution in [0.5, 0.6) is 0 Å². The molecule has 0 saturated carbocycles. The number of aryl methyl sites for hydroxylation is 1. The van der Waals surface area contributed by atoms with Gasteiger partial charge >= 0.3 is 0 Å². The predicted molar refractivity (Wildman–Crippen MR) is 82.8 cm³/mol. The third-order valence-corrected chi connectivity index (χ3v) is 3.76. The standard InChI is InChI=1S/C15H24N4O3/c1-10-17-14-5-7-19(11(2)20)6-4-13(14)15(18-10)16-8-12(21)9-22-3/h12,21H,4-9H2,1-3H3,(H,16,17,18)/t12-/m1/s1. The number of methoxy groups -OCH3 is 1. The molecule has 0 radical (unpaired) electrons. The fourth-order valence-corrected chi connectivity index (χ4v) is 2.65. The van der Waals surface area contributed by atoms with Crippen LogP contribution in [0.15, 0.2) is 0 Å². The maximum absolute atomic E-state index is 11.6. The summed E-state index contributed by atoms with van der Waals surface area (Å²) >= 11 is 0. The third kappa shape index (κ3) is 4.14. The van der Waals surface area contributed by atoms with Gasteiger partial charge in [0.1, 0.15) is 11.6 Å². The van der Waals surface area contributed by atoms with Gasteiger partial charge in [-0.05, 0) is 13.3 Å². The van der Waals surface area contributed by atoms with Gasteiger partial charge in [0.25, 0.3) is 0 Å². The van der Waals surface area contributed by atoms with Crippen LogP contribution in [-0.2, 0) is 22.4 Å². The van der Waals surface area contributed by atoms with Gasteiger partial charge in [-0.25, -0.2) is 9.97 Å². The summed E-state index contributed by atoms with van der Waals surface area (Å²) in [5.41, 5.74) is 2.03. The number of ether oxygens (including phenoxy) is 1. The van der Waals surface area contributed by atoms with Crippen LogP contribution in [0.4, 0.5) is 5.82 Å². The minimum Gasteiger partial charge on any atom is -0.389 e. The van der Waals surface area contributed by atoms with Crippen LogP contribution < -0.4 is 5.32 Å². The average Bonchev–Trinajstić information content (AvgIpc) is 2.67. The monoisotopic (exact) mass is 308 g/mol. The van der Waals surface area contributed by atoms with Crippen molar-refractivity contribution >= 4 is 11.7 Å². The minimum atomic E-state index is -0.588. The molecule has 122 valence electrons. The number of fused-ring (bicyclic) bond motifs is 1. The number of aromatic nitrogens is 2. The molecule has 2 rings (SSSR count). The number of amides is 1. The predicted octanol–water partition coefficient (Wildman–Crippen LogP) is 0.151. The van der Waals surface area contributed by atoms with E-state index in [1.165, 1.54) is 0 Å². The molecule has 22 heavy (non-hydrogen) atoms. The first-order chi connectivity index (χ1) is 10.5. The Morgan fingerprint density at radius 1 is 1.41 bits per heavy atom. The molecule has 2 heterocycles. The summed E-state index contributed by atoms with van der Waals surface area (Å²) in [5, 5.41) is 13.0. The van der Waals surface area contributed by atoms with E-state index in [4.69, 9.17) is 4.74 Å². The molecule has 1 aromatic heterocycles. The van der Waals surface area contributed by atoms with Crippen LogP contribution in [0, 0.1) is 6.92 Å². The van der Waals surface area contributed by atoms with Crippen molar-refractivity contribution in [1.29, 1.82) is 0 Å². The Balaban J connectivity index is 2.15. The van der Waals surface area contributed by atoms with Crippen molar-refractivity contribution in [2.24, 2.45) is 0 Å². The first kappa shape index (κ1) is 16.6. The number of nitrogens with zero attached hydrogens (tertiary/aromatic N) is 3. The van der Waals surface area contributed by atoms with Crippen LogP contribution in [0.3, 0.4) is 0 Å². The Hall–Kier alpha value is -1.73. The zero-order valence-electron chi connectivity index (χ0n) is 13.4. The summed E-state index contributed by atoms with van der Waals surface area (Å²) < 4.78 is 4.92. The molecule has 2 N–H and O–H groups in total. The Bertz CT molecular complexity index is 536. The van der Waals surface area contributed by atoms with Gasteiger partial charge in [0.05, 0.1) is 18.4 Å². The number of nitrogens with one attached hydrogen (secondary N) is 1. The zero-order chi connectivity index (χ0) is 16.1. The molecule has 0 aromatic carbocycles. The molecule has 0 fully saturated rings. The highest BCUT2D eigenvalue weighted by molar-refractivity contribution is 5.73. The number of aliphatic hydroxyl groups excluding tert-OH is 1. The second-order valence-electron chi connectivity index (χ2n) is 5.54. The van der Waals surface area contributed by atoms with E-state index in [9.17, 15) is 9.90 Å². The maximum Gasteiger partial charge on any atom is 0.219 e. The fourth-order valence-electron chi connectivity index (χ4n) is 2.65. The van der Waals surface area contributed by atoms with Crippen LogP contribution in [0.25, 0.3) is 0 Å². The highest BCUT2D eigenvalue weighted by Gasteiger charge is 2.20. The highest BCUT2D eigenvalue weighted by atomic mass is 16.5. The lowest BCUT2D eigenvalue weighted by Crippen LogP contribution is -2.31. The number of anilines is 1. The number of hydrogen-bond acceptors (Lipinski definition) is 6. The van der Waals surface area contributed by atoms with Gasteiger partial charge in [-0.2, -0.15) is 0 Å². The number of carbonyl (C=O) groups excluding carboxylic acids is 1. The molecular weight excluding hydrogens is 284 g/mol. The van der Waals surface area contributed by atoms with Gasteiger partial charge < -0.3 is 20.1 Å². The lowest BCUT2D eigenvalue weighted by atomic mass is 10.1. The quantitative estimate of drug-likeness (QED) is 0.805. The minimum absolute atomic E-state index is 0.0857. The van der Waals surface area contributed by atoms with Crippen molar-refractivity contribution in [2.75, 3.05) is 38.7 Å². The third-order valence-electron chi connectivity index (χ3n) is 3.76. The van der Waals surface area contributed by atoms with E-state index in [0.29, 0.717) is 25.5 Å². The van der Waals surface area contributed by atoms with E-state index in [0.717, 1.165) is 29.9 Å². The molecule has 1 aliphatic rings. The van der Waals surface area contributed by atoms with E-state index in [1.807, 2.05) is 11.8 Å². The normalized spacial score (nSPS) is 15.9. The largest absolute Gasteiger partial charge is 0.389 e. The second kappa shape index (κ2) is 7.51. The van der Waals surface area contributed by atoms with Gasteiger partial charge in [0.15, 0.2) is 0 Å². The van der Waals surface area contributed by atoms with Crippen LogP contribution in [0.2, 0.25) is 0 Å². The number of rotatable bonds is 5. The molecular formula is C15H24N4O3. The second-order valence-corrected chi connectivity index (χ2v) is 5.54. The molecule has 1 atom stereocenters. The molecule has 0 saturated heterocycles. The SMILES string of the molecule is COC[C@H](O)CNc1nc(C)nc2c1CCN(C(C)=O)CC2. The van der Waals surface area contributed by atoms with Gasteiger partial charge in [-0.3, -0.25) is 4.79 Å². The Kier molecular flexibility index (Phi) is 5.68. The van der Waals surface area contributed by atoms with Gasteiger partial charge in [-0.1, -0.05) is 0 Å². The van der Waals surface area contributed by atoms with Crippen LogP contribution in [-0.4, -0.2) is 65.3 Å². The van der Waals surface area contributed by atoms with Crippen molar-refractivity contribution in [3.63, 3.8) is 0 Å². The first-order valence-corrected chi connectivity index (χ1v) is 7.54. The van der Waals surface area contributed by atoms with E-state index in [1.54, 1.807) is 14.0 Å². The van der Waals surface area contributed by atoms with Crippen molar-refractivity contribution in [3.05, 3.63) is 17.1 Å². The molecule has 0 aliphatic carbocycles. The highest BCUT2D eigenvalue weighted by Crippen LogP contribution is 2.21. The molecule has 1 aliphatic heterocycles. The lowest BCUT2D eigenvalue weighted by Gasteiger charge is -2.17. The average molecular weight is 308 g/mol. The van der Waals surface area contributed by atoms with Gasteiger partial charge in [0.2, 0.25) is 5.91 Å². The van der Waals surface area contributed by atoms with E-state index < -0.39 is 6.10 Å². The topological polar surface area (TPSA) is 87.6 Å². The molecule has 0 bridgehead atoms. The smallest absolute Gasteiger partial charge is 0.219 e. The first-order valence-electron chi connectivity index (χ1n) is 7.54. The summed E-state index contributed by atoms with van der Waals surface area (Å²) in [7, 11) is 1.56. The zero-order valence-corrected chi connectivity index (χ0v) is 13.4.